The molecule has 154 valence electrons. The molecule has 0 fully saturated rings. The van der Waals surface area contributed by atoms with E-state index in [1.54, 1.807) is 27.4 Å². The van der Waals surface area contributed by atoms with E-state index in [2.05, 4.69) is 15.3 Å². The number of carbonyl (C=O) groups is 1. The lowest BCUT2D eigenvalue weighted by Gasteiger charge is -2.15. The molecule has 0 unspecified atom stereocenters. The number of ether oxygens (including phenoxy) is 3. The summed E-state index contributed by atoms with van der Waals surface area (Å²) >= 11 is 1.53. The van der Waals surface area contributed by atoms with E-state index >= 15 is 0 Å². The van der Waals surface area contributed by atoms with Crippen molar-refractivity contribution in [3.8, 4) is 17.2 Å². The highest BCUT2D eigenvalue weighted by atomic mass is 32.2. The Bertz CT molecular complexity index is 956. The number of hydrogen-bond donors (Lipinski definition) is 2. The Morgan fingerprint density at radius 3 is 2.48 bits per heavy atom. The lowest BCUT2D eigenvalue weighted by molar-refractivity contribution is -0.118. The summed E-state index contributed by atoms with van der Waals surface area (Å²) in [5, 5.41) is 3.00. The van der Waals surface area contributed by atoms with Crippen molar-refractivity contribution in [1.29, 1.82) is 0 Å². The van der Waals surface area contributed by atoms with Crippen LogP contribution in [-0.2, 0) is 11.3 Å². The number of benzene rings is 2. The fraction of sp³-hybridized carbons (Fsp3) is 0.333. The number of nitrogens with one attached hydrogen (secondary N) is 2. The zero-order valence-corrected chi connectivity index (χ0v) is 17.8. The summed E-state index contributed by atoms with van der Waals surface area (Å²) in [6, 6.07) is 11.4. The van der Waals surface area contributed by atoms with Gasteiger partial charge in [-0.3, -0.25) is 4.79 Å². The molecule has 0 spiro atoms. The van der Waals surface area contributed by atoms with E-state index in [4.69, 9.17) is 14.2 Å². The first-order valence-corrected chi connectivity index (χ1v) is 10.2. The van der Waals surface area contributed by atoms with Crippen molar-refractivity contribution in [2.45, 2.75) is 18.7 Å². The van der Waals surface area contributed by atoms with Crippen molar-refractivity contribution in [3.63, 3.8) is 0 Å². The molecule has 2 N–H and O–H groups in total. The Balaban J connectivity index is 1.57. The van der Waals surface area contributed by atoms with E-state index < -0.39 is 0 Å². The van der Waals surface area contributed by atoms with Gasteiger partial charge in [-0.25, -0.2) is 4.98 Å². The number of aromatic nitrogens is 2. The standard InChI is InChI=1S/C21H25N3O4S/c1-13(21-23-15-7-5-6-8-16(15)24-21)29-12-20(25)22-11-14-9-18(27-3)19(28-4)10-17(14)26-2/h5-10,13H,11-12H2,1-4H3,(H,22,25)(H,23,24)/t13-/m0/s1. The zero-order chi connectivity index (χ0) is 20.8. The van der Waals surface area contributed by atoms with Gasteiger partial charge in [0.05, 0.1) is 43.4 Å². The van der Waals surface area contributed by atoms with E-state index in [0.29, 0.717) is 29.5 Å². The van der Waals surface area contributed by atoms with Crippen molar-refractivity contribution >= 4 is 28.7 Å². The minimum Gasteiger partial charge on any atom is -0.496 e. The fourth-order valence-electron chi connectivity index (χ4n) is 2.92. The molecule has 0 bridgehead atoms. The van der Waals surface area contributed by atoms with Crippen molar-refractivity contribution in [3.05, 3.63) is 47.8 Å². The second-order valence-electron chi connectivity index (χ2n) is 6.39. The zero-order valence-electron chi connectivity index (χ0n) is 16.9. The van der Waals surface area contributed by atoms with Crippen LogP contribution in [0, 0.1) is 0 Å². The number of hydrogen-bond acceptors (Lipinski definition) is 6. The number of H-pyrrole nitrogens is 1. The Morgan fingerprint density at radius 1 is 1.10 bits per heavy atom. The first-order chi connectivity index (χ1) is 14.0. The van der Waals surface area contributed by atoms with Crippen LogP contribution in [0.5, 0.6) is 17.2 Å². The van der Waals surface area contributed by atoms with Gasteiger partial charge in [-0.1, -0.05) is 12.1 Å². The van der Waals surface area contributed by atoms with Crippen molar-refractivity contribution in [2.75, 3.05) is 27.1 Å². The molecule has 0 aliphatic heterocycles. The molecule has 1 amide bonds. The molecule has 2 aromatic carbocycles. The third-order valence-corrected chi connectivity index (χ3v) is 5.67. The van der Waals surface area contributed by atoms with Gasteiger partial charge in [0.1, 0.15) is 11.6 Å². The fourth-order valence-corrected chi connectivity index (χ4v) is 3.69. The molecule has 29 heavy (non-hydrogen) atoms. The second kappa shape index (κ2) is 9.56. The molecule has 0 aliphatic carbocycles. The molecule has 0 saturated carbocycles. The Hall–Kier alpha value is -2.87. The van der Waals surface area contributed by atoms with Crippen LogP contribution in [0.4, 0.5) is 0 Å². The van der Waals surface area contributed by atoms with Crippen LogP contribution >= 0.6 is 11.8 Å². The highest BCUT2D eigenvalue weighted by molar-refractivity contribution is 8.00. The van der Waals surface area contributed by atoms with Gasteiger partial charge in [0.15, 0.2) is 11.5 Å². The van der Waals surface area contributed by atoms with Gasteiger partial charge >= 0.3 is 0 Å². The third-order valence-electron chi connectivity index (χ3n) is 4.52. The topological polar surface area (TPSA) is 85.5 Å². The molecule has 0 saturated heterocycles. The van der Waals surface area contributed by atoms with Crippen molar-refractivity contribution < 1.29 is 19.0 Å². The highest BCUT2D eigenvalue weighted by Gasteiger charge is 2.15. The van der Waals surface area contributed by atoms with Gasteiger partial charge in [0.2, 0.25) is 5.91 Å². The summed E-state index contributed by atoms with van der Waals surface area (Å²) in [6.45, 7) is 2.37. The van der Waals surface area contributed by atoms with Gasteiger partial charge in [0, 0.05) is 18.2 Å². The summed E-state index contributed by atoms with van der Waals surface area (Å²) in [5.41, 5.74) is 2.74. The van der Waals surface area contributed by atoms with E-state index in [9.17, 15) is 4.79 Å². The lowest BCUT2D eigenvalue weighted by Crippen LogP contribution is -2.25. The average Bonchev–Trinajstić information content (AvgIpc) is 3.19. The van der Waals surface area contributed by atoms with Crippen LogP contribution in [-0.4, -0.2) is 43.0 Å². The smallest absolute Gasteiger partial charge is 0.230 e. The minimum atomic E-state index is -0.0604. The third kappa shape index (κ3) is 4.95. The molecule has 7 nitrogen and oxygen atoms in total. The maximum Gasteiger partial charge on any atom is 0.230 e. The minimum absolute atomic E-state index is 0.0604. The van der Waals surface area contributed by atoms with Gasteiger partial charge in [-0.2, -0.15) is 0 Å². The first-order valence-electron chi connectivity index (χ1n) is 9.17. The lowest BCUT2D eigenvalue weighted by atomic mass is 10.1. The predicted octanol–water partition coefficient (Wildman–Crippen LogP) is 3.70. The summed E-state index contributed by atoms with van der Waals surface area (Å²) < 4.78 is 16.0. The molecular formula is C21H25N3O4S. The predicted molar refractivity (Wildman–Crippen MR) is 115 cm³/mol. The summed E-state index contributed by atoms with van der Waals surface area (Å²) in [5.74, 6) is 2.93. The largest absolute Gasteiger partial charge is 0.496 e. The molecule has 3 aromatic rings. The first kappa shape index (κ1) is 20.9. The number of carbonyl (C=O) groups excluding carboxylic acids is 1. The molecule has 8 heteroatoms. The quantitative estimate of drug-likeness (QED) is 0.554. The molecule has 0 aliphatic rings. The van der Waals surface area contributed by atoms with Crippen LogP contribution in [0.3, 0.4) is 0 Å². The van der Waals surface area contributed by atoms with Crippen molar-refractivity contribution in [1.82, 2.24) is 15.3 Å². The van der Waals surface area contributed by atoms with Crippen LogP contribution in [0.2, 0.25) is 0 Å². The SMILES string of the molecule is COc1cc(OC)c(OC)cc1CNC(=O)CS[C@@H](C)c1nc2ccccc2[nH]1. The maximum absolute atomic E-state index is 12.3. The monoisotopic (exact) mass is 415 g/mol. The molecule has 1 heterocycles. The van der Waals surface area contributed by atoms with E-state index in [-0.39, 0.29) is 11.2 Å². The number of rotatable bonds is 9. The molecular weight excluding hydrogens is 390 g/mol. The molecule has 1 aromatic heterocycles. The number of thioether (sulfide) groups is 1. The van der Waals surface area contributed by atoms with E-state index in [0.717, 1.165) is 22.4 Å². The normalized spacial score (nSPS) is 11.9. The van der Waals surface area contributed by atoms with Crippen LogP contribution < -0.4 is 19.5 Å². The van der Waals surface area contributed by atoms with Gasteiger partial charge in [-0.15, -0.1) is 11.8 Å². The summed E-state index contributed by atoms with van der Waals surface area (Å²) in [7, 11) is 4.72. The number of aromatic amines is 1. The number of fused-ring (bicyclic) bond motifs is 1. The van der Waals surface area contributed by atoms with Gasteiger partial charge < -0.3 is 24.5 Å². The number of amides is 1. The van der Waals surface area contributed by atoms with E-state index in [1.165, 1.54) is 11.8 Å². The summed E-state index contributed by atoms with van der Waals surface area (Å²) in [6.07, 6.45) is 0. The highest BCUT2D eigenvalue weighted by Crippen LogP contribution is 2.34. The van der Waals surface area contributed by atoms with Crippen molar-refractivity contribution in [2.24, 2.45) is 0 Å². The van der Waals surface area contributed by atoms with E-state index in [1.807, 2.05) is 37.3 Å². The summed E-state index contributed by atoms with van der Waals surface area (Å²) in [4.78, 5) is 20.2. The number of para-hydroxylation sites is 2. The van der Waals surface area contributed by atoms with Crippen LogP contribution in [0.25, 0.3) is 11.0 Å². The number of imidazole rings is 1. The molecule has 0 radical (unpaired) electrons. The van der Waals surface area contributed by atoms with Crippen LogP contribution in [0.15, 0.2) is 36.4 Å². The van der Waals surface area contributed by atoms with Gasteiger partial charge in [-0.05, 0) is 25.1 Å². The Morgan fingerprint density at radius 2 is 1.79 bits per heavy atom. The van der Waals surface area contributed by atoms with Crippen LogP contribution in [0.1, 0.15) is 23.6 Å². The Kier molecular flexibility index (Phi) is 6.87. The average molecular weight is 416 g/mol. The second-order valence-corrected chi connectivity index (χ2v) is 7.72. The maximum atomic E-state index is 12.3. The Labute approximate surface area is 174 Å². The molecule has 3 rings (SSSR count). The molecule has 1 atom stereocenters. The number of nitrogens with zero attached hydrogens (tertiary/aromatic N) is 1. The van der Waals surface area contributed by atoms with Gasteiger partial charge in [0.25, 0.3) is 0 Å². The number of methoxy groups -OCH3 is 3.